The summed E-state index contributed by atoms with van der Waals surface area (Å²) < 4.78 is 1.41. The largest absolute Gasteiger partial charge is 0.368 e. The zero-order chi connectivity index (χ0) is 13.1. The van der Waals surface area contributed by atoms with Crippen LogP contribution in [0.5, 0.6) is 0 Å². The topological polar surface area (TPSA) is 94.0 Å². The van der Waals surface area contributed by atoms with E-state index in [-0.39, 0.29) is 5.95 Å². The van der Waals surface area contributed by atoms with E-state index in [1.54, 1.807) is 0 Å². The summed E-state index contributed by atoms with van der Waals surface area (Å²) >= 11 is 0. The molecule has 0 atom stereocenters. The van der Waals surface area contributed by atoms with Gasteiger partial charge in [0.25, 0.3) is 5.78 Å². The van der Waals surface area contributed by atoms with E-state index in [1.165, 1.54) is 16.4 Å². The molecule has 3 N–H and O–H groups in total. The molecule has 0 saturated carbocycles. The number of rotatable bonds is 4. The van der Waals surface area contributed by atoms with Crippen LogP contribution in [-0.4, -0.2) is 31.1 Å². The van der Waals surface area contributed by atoms with Gasteiger partial charge in [0, 0.05) is 6.54 Å². The Labute approximate surface area is 109 Å². The number of benzene rings is 1. The van der Waals surface area contributed by atoms with Crippen LogP contribution in [0, 0.1) is 0 Å². The molecule has 2 aromatic heterocycles. The van der Waals surface area contributed by atoms with Crippen LogP contribution >= 0.6 is 0 Å². The molecule has 0 fully saturated rings. The van der Waals surface area contributed by atoms with Gasteiger partial charge < -0.3 is 11.1 Å². The van der Waals surface area contributed by atoms with Crippen molar-refractivity contribution in [2.45, 2.75) is 6.42 Å². The summed E-state index contributed by atoms with van der Waals surface area (Å²) in [5, 5.41) is 7.33. The maximum Gasteiger partial charge on any atom is 0.258 e. The fourth-order valence-corrected chi connectivity index (χ4v) is 1.77. The second-order valence-electron chi connectivity index (χ2n) is 4.04. The summed E-state index contributed by atoms with van der Waals surface area (Å²) in [6, 6.07) is 10.2. The molecule has 0 aliphatic rings. The quantitative estimate of drug-likeness (QED) is 0.714. The van der Waals surface area contributed by atoms with Gasteiger partial charge in [-0.3, -0.25) is 0 Å². The highest BCUT2D eigenvalue weighted by molar-refractivity contribution is 5.40. The lowest BCUT2D eigenvalue weighted by Gasteiger charge is -2.01. The zero-order valence-corrected chi connectivity index (χ0v) is 10.2. The second-order valence-corrected chi connectivity index (χ2v) is 4.04. The van der Waals surface area contributed by atoms with Crippen LogP contribution in [0.15, 0.2) is 36.7 Å². The monoisotopic (exact) mass is 255 g/mol. The highest BCUT2D eigenvalue weighted by Gasteiger charge is 2.06. The van der Waals surface area contributed by atoms with E-state index in [9.17, 15) is 0 Å². The third kappa shape index (κ3) is 2.44. The number of nitrogens with zero attached hydrogens (tertiary/aromatic N) is 5. The summed E-state index contributed by atoms with van der Waals surface area (Å²) in [5.41, 5.74) is 6.93. The summed E-state index contributed by atoms with van der Waals surface area (Å²) in [7, 11) is 0. The first-order valence-corrected chi connectivity index (χ1v) is 5.94. The van der Waals surface area contributed by atoms with Crippen molar-refractivity contribution in [1.82, 2.24) is 24.6 Å². The molecule has 0 radical (unpaired) electrons. The van der Waals surface area contributed by atoms with Crippen LogP contribution < -0.4 is 11.1 Å². The third-order valence-electron chi connectivity index (χ3n) is 2.71. The Kier molecular flexibility index (Phi) is 2.93. The van der Waals surface area contributed by atoms with Crippen LogP contribution in [0.25, 0.3) is 5.78 Å². The molecule has 7 nitrogen and oxygen atoms in total. The van der Waals surface area contributed by atoms with Gasteiger partial charge in [-0.15, -0.1) is 5.10 Å². The van der Waals surface area contributed by atoms with Gasteiger partial charge in [0.05, 0.1) is 0 Å². The van der Waals surface area contributed by atoms with Crippen molar-refractivity contribution < 1.29 is 0 Å². The van der Waals surface area contributed by atoms with Gasteiger partial charge in [0.2, 0.25) is 11.9 Å². The predicted molar refractivity (Wildman–Crippen MR) is 71.6 cm³/mol. The van der Waals surface area contributed by atoms with Gasteiger partial charge in [0.1, 0.15) is 6.33 Å². The lowest BCUT2D eigenvalue weighted by molar-refractivity contribution is 0.901. The van der Waals surface area contributed by atoms with Crippen LogP contribution in [0.1, 0.15) is 5.56 Å². The Hall–Kier alpha value is -2.70. The number of nitrogen functional groups attached to an aromatic ring is 1. The Bertz CT molecular complexity index is 677. The van der Waals surface area contributed by atoms with Gasteiger partial charge in [-0.25, -0.2) is 4.98 Å². The highest BCUT2D eigenvalue weighted by Crippen LogP contribution is 2.05. The van der Waals surface area contributed by atoms with Gasteiger partial charge in [-0.1, -0.05) is 30.3 Å². The lowest BCUT2D eigenvalue weighted by Crippen LogP contribution is -2.06. The highest BCUT2D eigenvalue weighted by atomic mass is 15.4. The first-order valence-electron chi connectivity index (χ1n) is 5.94. The standard InChI is InChI=1S/C12H13N7/c13-10-15-8-16-12-17-11(18-19(10)12)14-7-6-9-4-2-1-3-5-9/h1-5,8H,6-7H2,(H3,13,14,15,16,17,18). The number of aromatic nitrogens is 5. The van der Waals surface area contributed by atoms with Crippen LogP contribution in [-0.2, 0) is 6.42 Å². The number of hydrogen-bond donors (Lipinski definition) is 2. The minimum absolute atomic E-state index is 0.272. The van der Waals surface area contributed by atoms with Gasteiger partial charge >= 0.3 is 0 Å². The summed E-state index contributed by atoms with van der Waals surface area (Å²) in [6.45, 7) is 0.744. The fourth-order valence-electron chi connectivity index (χ4n) is 1.77. The van der Waals surface area contributed by atoms with Crippen molar-refractivity contribution in [2.24, 2.45) is 0 Å². The van der Waals surface area contributed by atoms with Gasteiger partial charge in [-0.2, -0.15) is 14.5 Å². The molecule has 7 heteroatoms. The minimum Gasteiger partial charge on any atom is -0.368 e. The molecule has 2 heterocycles. The number of anilines is 2. The van der Waals surface area contributed by atoms with Gasteiger partial charge in [0.15, 0.2) is 0 Å². The molecule has 96 valence electrons. The third-order valence-corrected chi connectivity index (χ3v) is 2.71. The van der Waals surface area contributed by atoms with Crippen LogP contribution in [0.3, 0.4) is 0 Å². The SMILES string of the molecule is Nc1ncnc2nc(NCCc3ccccc3)nn12. The Balaban J connectivity index is 1.67. The van der Waals surface area contributed by atoms with Crippen LogP contribution in [0.2, 0.25) is 0 Å². The molecule has 0 saturated heterocycles. The lowest BCUT2D eigenvalue weighted by atomic mass is 10.1. The molecular formula is C12H13N7. The second kappa shape index (κ2) is 4.89. The average molecular weight is 255 g/mol. The van der Waals surface area contributed by atoms with E-state index >= 15 is 0 Å². The molecule has 0 aliphatic carbocycles. The first-order chi connectivity index (χ1) is 9.33. The molecular weight excluding hydrogens is 242 g/mol. The summed E-state index contributed by atoms with van der Waals surface area (Å²) in [4.78, 5) is 12.0. The molecule has 19 heavy (non-hydrogen) atoms. The maximum absolute atomic E-state index is 5.67. The molecule has 0 bridgehead atoms. The number of nitrogens with two attached hydrogens (primary N) is 1. The molecule has 0 aliphatic heterocycles. The van der Waals surface area contributed by atoms with E-state index in [0.717, 1.165) is 13.0 Å². The van der Waals surface area contributed by atoms with Crippen molar-refractivity contribution in [1.29, 1.82) is 0 Å². The molecule has 3 aromatic rings. The normalized spacial score (nSPS) is 10.7. The van der Waals surface area contributed by atoms with Crippen molar-refractivity contribution in [3.63, 3.8) is 0 Å². The minimum atomic E-state index is 0.272. The maximum atomic E-state index is 5.67. The van der Waals surface area contributed by atoms with E-state index in [0.29, 0.717) is 11.7 Å². The van der Waals surface area contributed by atoms with Crippen LogP contribution in [0.4, 0.5) is 11.9 Å². The first kappa shape index (κ1) is 11.4. The fraction of sp³-hybridized carbons (Fsp3) is 0.167. The molecule has 0 spiro atoms. The molecule has 0 amide bonds. The van der Waals surface area contributed by atoms with E-state index in [2.05, 4.69) is 37.5 Å². The Morgan fingerprint density at radius 3 is 2.79 bits per heavy atom. The van der Waals surface area contributed by atoms with Crippen molar-refractivity contribution in [2.75, 3.05) is 17.6 Å². The Morgan fingerprint density at radius 1 is 1.16 bits per heavy atom. The predicted octanol–water partition coefficient (Wildman–Crippen LogP) is 0.756. The van der Waals surface area contributed by atoms with Gasteiger partial charge in [-0.05, 0) is 12.0 Å². The zero-order valence-electron chi connectivity index (χ0n) is 10.2. The van der Waals surface area contributed by atoms with E-state index < -0.39 is 0 Å². The molecule has 3 rings (SSSR count). The Morgan fingerprint density at radius 2 is 2.00 bits per heavy atom. The number of hydrogen-bond acceptors (Lipinski definition) is 6. The average Bonchev–Trinajstić information content (AvgIpc) is 2.84. The molecule has 0 unspecified atom stereocenters. The van der Waals surface area contributed by atoms with Crippen molar-refractivity contribution >= 4 is 17.7 Å². The van der Waals surface area contributed by atoms with Crippen molar-refractivity contribution in [3.8, 4) is 0 Å². The summed E-state index contributed by atoms with van der Waals surface area (Å²) in [6.07, 6.45) is 2.27. The van der Waals surface area contributed by atoms with E-state index in [1.807, 2.05) is 18.2 Å². The number of fused-ring (bicyclic) bond motifs is 1. The van der Waals surface area contributed by atoms with Crippen molar-refractivity contribution in [3.05, 3.63) is 42.2 Å². The van der Waals surface area contributed by atoms with E-state index in [4.69, 9.17) is 5.73 Å². The number of nitrogens with one attached hydrogen (secondary N) is 1. The smallest absolute Gasteiger partial charge is 0.258 e. The summed E-state index contributed by atoms with van der Waals surface area (Å²) in [5.74, 6) is 1.21. The molecule has 1 aromatic carbocycles.